The van der Waals surface area contributed by atoms with Gasteiger partial charge in [-0.2, -0.15) is 0 Å². The zero-order valence-electron chi connectivity index (χ0n) is 35.8. The number of hydrogen-bond donors (Lipinski definition) is 0. The highest BCUT2D eigenvalue weighted by Crippen LogP contribution is 2.49. The van der Waals surface area contributed by atoms with Gasteiger partial charge in [-0.05, 0) is 130 Å². The number of fused-ring (bicyclic) bond motifs is 8. The summed E-state index contributed by atoms with van der Waals surface area (Å²) in [6, 6.07) is 54.6. The third kappa shape index (κ3) is 5.71. The van der Waals surface area contributed by atoms with E-state index in [0.717, 1.165) is 23.5 Å². The first kappa shape index (κ1) is 37.6. The lowest BCUT2D eigenvalue weighted by Gasteiger charge is -2.27. The maximum absolute atomic E-state index is 4.19. The van der Waals surface area contributed by atoms with Crippen molar-refractivity contribution in [2.45, 2.75) is 39.5 Å². The molecule has 2 heteroatoms. The Hall–Kier alpha value is -7.42. The number of para-hydroxylation sites is 3. The molecule has 2 aromatic heterocycles. The van der Waals surface area contributed by atoms with Gasteiger partial charge in [-0.3, -0.25) is 0 Å². The van der Waals surface area contributed by atoms with Crippen molar-refractivity contribution in [3.63, 3.8) is 0 Å². The third-order valence-electron chi connectivity index (χ3n) is 13.4. The molecule has 0 unspecified atom stereocenters. The molecule has 2 aliphatic carbocycles. The molecule has 0 spiro atoms. The van der Waals surface area contributed by atoms with E-state index in [2.05, 4.69) is 232 Å². The van der Waals surface area contributed by atoms with Crippen molar-refractivity contribution in [3.8, 4) is 22.3 Å². The maximum atomic E-state index is 4.19. The molecule has 0 bridgehead atoms. The van der Waals surface area contributed by atoms with Crippen molar-refractivity contribution < 1.29 is 0 Å². The predicted molar refractivity (Wildman–Crippen MR) is 267 cm³/mol. The van der Waals surface area contributed by atoms with Crippen molar-refractivity contribution in [2.75, 3.05) is 4.90 Å². The van der Waals surface area contributed by atoms with E-state index in [1.165, 1.54) is 99.3 Å². The number of anilines is 3. The topological polar surface area (TPSA) is 7.65 Å². The Labute approximate surface area is 364 Å². The Morgan fingerprint density at radius 3 is 1.92 bits per heavy atom. The van der Waals surface area contributed by atoms with Crippen molar-refractivity contribution in [3.05, 3.63) is 229 Å². The van der Waals surface area contributed by atoms with Gasteiger partial charge in [0.05, 0.1) is 22.2 Å². The Kier molecular flexibility index (Phi) is 8.87. The van der Waals surface area contributed by atoms with E-state index in [1.54, 1.807) is 0 Å². The molecule has 0 radical (unpaired) electrons. The van der Waals surface area contributed by atoms with E-state index < -0.39 is 0 Å². The molecule has 0 saturated heterocycles. The van der Waals surface area contributed by atoms with Gasteiger partial charge in [0.15, 0.2) is 0 Å². The highest BCUT2D eigenvalue weighted by atomic mass is 15.2. The standard InChI is InChI=1S/C60H48N2/c1-6-9-10-16-41-23-24-42-25-26-43(37-53(41)42)39-27-32-45(33-28-39)61(57-22-14-20-52-51-19-13-18-50-49-17-11-12-21-56(49)62(58(50)51)59(52)57)46-34-29-40(30-35-46)44-31-36-48-47(8-3)54(15-7-2)60(4,5)55(48)38-44/h6-23,25-38H,3,24H2,1-2,4-5H3/b9-6-,15-7-,16-10-. The minimum absolute atomic E-state index is 0.119. The quantitative estimate of drug-likeness (QED) is 0.132. The highest BCUT2D eigenvalue weighted by molar-refractivity contribution is 6.25. The van der Waals surface area contributed by atoms with Crippen molar-refractivity contribution in [1.29, 1.82) is 0 Å². The first-order chi connectivity index (χ1) is 30.4. The Bertz CT molecular complexity index is 3410. The predicted octanol–water partition coefficient (Wildman–Crippen LogP) is 16.5. The first-order valence-electron chi connectivity index (χ1n) is 21.8. The van der Waals surface area contributed by atoms with Crippen LogP contribution in [0, 0.1) is 0 Å². The lowest BCUT2D eigenvalue weighted by atomic mass is 9.80. The van der Waals surface area contributed by atoms with Crippen molar-refractivity contribution >= 4 is 66.3 Å². The average Bonchev–Trinajstić information content (AvgIpc) is 4.03. The van der Waals surface area contributed by atoms with E-state index in [9.17, 15) is 0 Å². The van der Waals surface area contributed by atoms with E-state index in [-0.39, 0.29) is 5.41 Å². The maximum Gasteiger partial charge on any atom is 0.0782 e. The van der Waals surface area contributed by atoms with E-state index >= 15 is 0 Å². The molecule has 0 atom stereocenters. The molecule has 11 rings (SSSR count). The number of benzene rings is 7. The molecule has 0 amide bonds. The fraction of sp³-hybridized carbons (Fsp3) is 0.100. The minimum atomic E-state index is -0.119. The second-order valence-electron chi connectivity index (χ2n) is 17.2. The van der Waals surface area contributed by atoms with Crippen LogP contribution in [-0.4, -0.2) is 4.40 Å². The number of aromatic nitrogens is 1. The number of allylic oxidation sites excluding steroid dienone is 11. The molecule has 0 N–H and O–H groups in total. The van der Waals surface area contributed by atoms with Crippen molar-refractivity contribution in [2.24, 2.45) is 0 Å². The molecule has 2 nitrogen and oxygen atoms in total. The zero-order chi connectivity index (χ0) is 42.1. The molecule has 0 fully saturated rings. The smallest absolute Gasteiger partial charge is 0.0782 e. The van der Waals surface area contributed by atoms with E-state index in [1.807, 2.05) is 6.08 Å². The van der Waals surface area contributed by atoms with Gasteiger partial charge in [0.1, 0.15) is 0 Å². The normalized spacial score (nSPS) is 14.7. The van der Waals surface area contributed by atoms with Crippen LogP contribution in [0.25, 0.3) is 71.5 Å². The second kappa shape index (κ2) is 14.6. The zero-order valence-corrected chi connectivity index (χ0v) is 35.8. The molecule has 298 valence electrons. The molecule has 9 aromatic rings. The molecular weight excluding hydrogens is 749 g/mol. The van der Waals surface area contributed by atoms with Crippen LogP contribution >= 0.6 is 0 Å². The summed E-state index contributed by atoms with van der Waals surface area (Å²) in [5.41, 5.74) is 20.9. The Morgan fingerprint density at radius 1 is 0.581 bits per heavy atom. The van der Waals surface area contributed by atoms with Crippen LogP contribution in [0.1, 0.15) is 49.9 Å². The van der Waals surface area contributed by atoms with Crippen LogP contribution < -0.4 is 4.90 Å². The van der Waals surface area contributed by atoms with Gasteiger partial charge < -0.3 is 9.30 Å². The minimum Gasteiger partial charge on any atom is -0.308 e. The van der Waals surface area contributed by atoms with Crippen molar-refractivity contribution in [1.82, 2.24) is 4.40 Å². The molecule has 7 aromatic carbocycles. The summed E-state index contributed by atoms with van der Waals surface area (Å²) in [5.74, 6) is 0. The van der Waals surface area contributed by atoms with Gasteiger partial charge in [0.25, 0.3) is 0 Å². The summed E-state index contributed by atoms with van der Waals surface area (Å²) in [5, 5.41) is 5.09. The summed E-state index contributed by atoms with van der Waals surface area (Å²) in [7, 11) is 0. The Morgan fingerprint density at radius 2 is 1.21 bits per heavy atom. The van der Waals surface area contributed by atoms with Gasteiger partial charge in [-0.15, -0.1) is 0 Å². The second-order valence-corrected chi connectivity index (χ2v) is 17.2. The lowest BCUT2D eigenvalue weighted by molar-refractivity contribution is 0.654. The fourth-order valence-electron chi connectivity index (χ4n) is 10.4. The highest BCUT2D eigenvalue weighted by Gasteiger charge is 2.35. The summed E-state index contributed by atoms with van der Waals surface area (Å²) in [4.78, 5) is 2.45. The summed E-state index contributed by atoms with van der Waals surface area (Å²) < 4.78 is 2.50. The fourth-order valence-corrected chi connectivity index (χ4v) is 10.4. The van der Waals surface area contributed by atoms with E-state index in [4.69, 9.17) is 0 Å². The van der Waals surface area contributed by atoms with Crippen LogP contribution in [-0.2, 0) is 11.8 Å². The van der Waals surface area contributed by atoms with Crippen LogP contribution in [0.3, 0.4) is 0 Å². The summed E-state index contributed by atoms with van der Waals surface area (Å²) in [6.45, 7) is 13.0. The van der Waals surface area contributed by atoms with Crippen LogP contribution in [0.4, 0.5) is 17.1 Å². The van der Waals surface area contributed by atoms with Crippen LogP contribution in [0.2, 0.25) is 0 Å². The van der Waals surface area contributed by atoms with Gasteiger partial charge >= 0.3 is 0 Å². The SMILES string of the molecule is C=CC1=C(/C=C\C)C(C)(C)c2cc(-c3ccc(N(c4ccc(-c5ccc6c(c5)C(/C=C\C=C/C)=CC6)cc4)c4cccc5c6cccc7c8ccccc8n(c45)c76)cc3)ccc21. The molecule has 62 heavy (non-hydrogen) atoms. The monoisotopic (exact) mass is 796 g/mol. The van der Waals surface area contributed by atoms with Crippen LogP contribution in [0.15, 0.2) is 206 Å². The number of nitrogens with zero attached hydrogens (tertiary/aromatic N) is 2. The summed E-state index contributed by atoms with van der Waals surface area (Å²) >= 11 is 0. The van der Waals surface area contributed by atoms with Gasteiger partial charge in [0.2, 0.25) is 0 Å². The van der Waals surface area contributed by atoms with Crippen LogP contribution in [0.5, 0.6) is 0 Å². The van der Waals surface area contributed by atoms with E-state index in [0.29, 0.717) is 0 Å². The molecule has 0 saturated carbocycles. The molecule has 0 aliphatic heterocycles. The molecule has 2 aliphatic rings. The molecule has 2 heterocycles. The lowest BCUT2D eigenvalue weighted by Crippen LogP contribution is -2.16. The Balaban J connectivity index is 1.05. The third-order valence-corrected chi connectivity index (χ3v) is 13.4. The van der Waals surface area contributed by atoms with Gasteiger partial charge in [-0.25, -0.2) is 0 Å². The molecular formula is C60H48N2. The number of rotatable bonds is 9. The first-order valence-corrected chi connectivity index (χ1v) is 21.8. The largest absolute Gasteiger partial charge is 0.308 e. The van der Waals surface area contributed by atoms with Gasteiger partial charge in [-0.1, -0.05) is 166 Å². The summed E-state index contributed by atoms with van der Waals surface area (Å²) in [6.07, 6.45) is 18.2. The van der Waals surface area contributed by atoms with Gasteiger partial charge in [0, 0.05) is 38.3 Å². The number of hydrogen-bond acceptors (Lipinski definition) is 1. The average molecular weight is 797 g/mol.